The van der Waals surface area contributed by atoms with E-state index in [1.807, 2.05) is 29.1 Å². The van der Waals surface area contributed by atoms with Gasteiger partial charge in [-0.15, -0.1) is 21.5 Å². The summed E-state index contributed by atoms with van der Waals surface area (Å²) in [6.07, 6.45) is 0.693. The summed E-state index contributed by atoms with van der Waals surface area (Å²) in [7, 11) is -1.75. The first-order valence-corrected chi connectivity index (χ1v) is 13.3. The van der Waals surface area contributed by atoms with E-state index in [9.17, 15) is 13.2 Å². The molecule has 12 heteroatoms. The normalized spacial score (nSPS) is 15.0. The van der Waals surface area contributed by atoms with Gasteiger partial charge in [-0.1, -0.05) is 23.9 Å². The fourth-order valence-corrected chi connectivity index (χ4v) is 6.08. The van der Waals surface area contributed by atoms with E-state index >= 15 is 0 Å². The number of carbonyl (C=O) groups excluding carboxylic acids is 1. The lowest BCUT2D eigenvalue weighted by Crippen LogP contribution is -2.40. The van der Waals surface area contributed by atoms with Gasteiger partial charge in [-0.2, -0.15) is 4.31 Å². The highest BCUT2D eigenvalue weighted by molar-refractivity contribution is 7.99. The van der Waals surface area contributed by atoms with E-state index in [1.54, 1.807) is 23.5 Å². The summed E-state index contributed by atoms with van der Waals surface area (Å²) in [6.45, 7) is 1.40. The van der Waals surface area contributed by atoms with Gasteiger partial charge in [0, 0.05) is 37.1 Å². The monoisotopic (exact) mass is 493 g/mol. The van der Waals surface area contributed by atoms with Crippen LogP contribution in [0.4, 0.5) is 5.69 Å². The number of anilines is 1. The molecule has 1 aliphatic heterocycles. The number of morpholine rings is 1. The van der Waals surface area contributed by atoms with Crippen molar-refractivity contribution in [2.75, 3.05) is 37.4 Å². The van der Waals surface area contributed by atoms with E-state index < -0.39 is 10.0 Å². The number of rotatable bonds is 8. The highest BCUT2D eigenvalue weighted by Gasteiger charge is 2.26. The van der Waals surface area contributed by atoms with Crippen molar-refractivity contribution in [2.45, 2.75) is 16.5 Å². The van der Waals surface area contributed by atoms with Crippen molar-refractivity contribution in [3.8, 4) is 0 Å². The SMILES string of the molecule is Cn1c(Cc2cccs2)nnc1SCC(=O)Nc1cccc(S(=O)(=O)N2CCOCC2)c1. The molecule has 0 atom stereocenters. The van der Waals surface area contributed by atoms with Crippen LogP contribution < -0.4 is 5.32 Å². The van der Waals surface area contributed by atoms with E-state index in [-0.39, 0.29) is 16.6 Å². The van der Waals surface area contributed by atoms with Crippen molar-refractivity contribution in [1.82, 2.24) is 19.1 Å². The third-order valence-electron chi connectivity index (χ3n) is 4.90. The standard InChI is InChI=1S/C20H23N5O4S3/c1-24-18(13-16-5-3-11-30-16)22-23-20(24)31-14-19(26)21-15-4-2-6-17(12-15)32(27,28)25-7-9-29-10-8-25/h2-6,11-12H,7-10,13-14H2,1H3,(H,21,26). The van der Waals surface area contributed by atoms with E-state index in [4.69, 9.17) is 4.74 Å². The second-order valence-corrected chi connectivity index (χ2v) is 11.0. The Morgan fingerprint density at radius 3 is 2.78 bits per heavy atom. The molecule has 170 valence electrons. The van der Waals surface area contributed by atoms with Gasteiger partial charge in [-0.25, -0.2) is 8.42 Å². The zero-order valence-corrected chi connectivity index (χ0v) is 19.9. The van der Waals surface area contributed by atoms with E-state index in [1.165, 1.54) is 33.1 Å². The maximum atomic E-state index is 12.8. The minimum Gasteiger partial charge on any atom is -0.379 e. The average molecular weight is 494 g/mol. The van der Waals surface area contributed by atoms with Crippen LogP contribution in [-0.4, -0.2) is 65.5 Å². The van der Waals surface area contributed by atoms with E-state index in [0.717, 1.165) is 5.82 Å². The molecule has 2 aromatic heterocycles. The molecule has 1 saturated heterocycles. The number of benzene rings is 1. The van der Waals surface area contributed by atoms with Gasteiger partial charge in [-0.05, 0) is 29.6 Å². The van der Waals surface area contributed by atoms with Crippen LogP contribution in [0.25, 0.3) is 0 Å². The second-order valence-electron chi connectivity index (χ2n) is 7.10. The molecular weight excluding hydrogens is 470 g/mol. The van der Waals surface area contributed by atoms with Crippen molar-refractivity contribution >= 4 is 44.7 Å². The van der Waals surface area contributed by atoms with Crippen molar-refractivity contribution in [2.24, 2.45) is 7.05 Å². The zero-order valence-electron chi connectivity index (χ0n) is 17.4. The van der Waals surface area contributed by atoms with Crippen LogP contribution in [-0.2, 0) is 33.0 Å². The number of hydrogen-bond donors (Lipinski definition) is 1. The first kappa shape index (κ1) is 22.9. The summed E-state index contributed by atoms with van der Waals surface area (Å²) in [5.74, 6) is 0.709. The van der Waals surface area contributed by atoms with Crippen LogP contribution in [0, 0.1) is 0 Å². The molecule has 1 aromatic carbocycles. The molecule has 0 bridgehead atoms. The molecule has 1 N–H and O–H groups in total. The number of carbonyl (C=O) groups is 1. The Kier molecular flexibility index (Phi) is 7.26. The first-order valence-electron chi connectivity index (χ1n) is 9.95. The summed E-state index contributed by atoms with van der Waals surface area (Å²) in [6, 6.07) is 10.3. The van der Waals surface area contributed by atoms with Crippen LogP contribution in [0.15, 0.2) is 51.8 Å². The number of nitrogens with one attached hydrogen (secondary N) is 1. The summed E-state index contributed by atoms with van der Waals surface area (Å²) in [5, 5.41) is 13.8. The third kappa shape index (κ3) is 5.38. The molecule has 0 saturated carbocycles. The van der Waals surface area contributed by atoms with Crippen LogP contribution in [0.1, 0.15) is 10.7 Å². The van der Waals surface area contributed by atoms with Crippen molar-refractivity contribution < 1.29 is 17.9 Å². The lowest BCUT2D eigenvalue weighted by atomic mass is 10.3. The highest BCUT2D eigenvalue weighted by Crippen LogP contribution is 2.22. The van der Waals surface area contributed by atoms with E-state index in [0.29, 0.717) is 43.6 Å². The molecule has 9 nitrogen and oxygen atoms in total. The fourth-order valence-electron chi connectivity index (χ4n) is 3.19. The number of amides is 1. The van der Waals surface area contributed by atoms with Crippen LogP contribution in [0.2, 0.25) is 0 Å². The molecular formula is C20H23N5O4S3. The first-order chi connectivity index (χ1) is 15.4. The summed E-state index contributed by atoms with van der Waals surface area (Å²) in [4.78, 5) is 13.8. The average Bonchev–Trinajstić information content (AvgIpc) is 3.44. The van der Waals surface area contributed by atoms with Gasteiger partial charge in [0.05, 0.1) is 23.9 Å². The van der Waals surface area contributed by atoms with Gasteiger partial charge in [0.2, 0.25) is 15.9 Å². The summed E-state index contributed by atoms with van der Waals surface area (Å²) < 4.78 is 34.2. The van der Waals surface area contributed by atoms with Crippen LogP contribution >= 0.6 is 23.1 Å². The minimum atomic E-state index is -3.62. The van der Waals surface area contributed by atoms with Gasteiger partial charge >= 0.3 is 0 Å². The van der Waals surface area contributed by atoms with E-state index in [2.05, 4.69) is 15.5 Å². The molecule has 1 amide bonds. The zero-order chi connectivity index (χ0) is 22.6. The fraction of sp³-hybridized carbons (Fsp3) is 0.350. The highest BCUT2D eigenvalue weighted by atomic mass is 32.2. The second kappa shape index (κ2) is 10.1. The van der Waals surface area contributed by atoms with Gasteiger partial charge < -0.3 is 14.6 Å². The molecule has 1 fully saturated rings. The lowest BCUT2D eigenvalue weighted by molar-refractivity contribution is -0.113. The summed E-state index contributed by atoms with van der Waals surface area (Å²) >= 11 is 2.94. The Labute approximate surface area is 194 Å². The summed E-state index contributed by atoms with van der Waals surface area (Å²) in [5.41, 5.74) is 0.432. The number of ether oxygens (including phenoxy) is 1. The Balaban J connectivity index is 1.36. The predicted octanol–water partition coefficient (Wildman–Crippen LogP) is 2.22. The Morgan fingerprint density at radius 1 is 1.22 bits per heavy atom. The van der Waals surface area contributed by atoms with Gasteiger partial charge in [-0.3, -0.25) is 4.79 Å². The molecule has 1 aliphatic rings. The molecule has 0 radical (unpaired) electrons. The topological polar surface area (TPSA) is 106 Å². The number of thiophene rings is 1. The van der Waals surface area contributed by atoms with Gasteiger partial charge in [0.1, 0.15) is 5.82 Å². The number of aromatic nitrogens is 3. The molecule has 4 rings (SSSR count). The van der Waals surface area contributed by atoms with Crippen LogP contribution in [0.3, 0.4) is 0 Å². The molecule has 0 aliphatic carbocycles. The maximum absolute atomic E-state index is 12.8. The van der Waals surface area contributed by atoms with Crippen molar-refractivity contribution in [3.63, 3.8) is 0 Å². The molecule has 0 unspecified atom stereocenters. The van der Waals surface area contributed by atoms with Gasteiger partial charge in [0.25, 0.3) is 0 Å². The number of nitrogens with zero attached hydrogens (tertiary/aromatic N) is 4. The number of thioether (sulfide) groups is 1. The van der Waals surface area contributed by atoms with Crippen molar-refractivity contribution in [3.05, 3.63) is 52.5 Å². The Morgan fingerprint density at radius 2 is 2.03 bits per heavy atom. The molecule has 3 aromatic rings. The van der Waals surface area contributed by atoms with Crippen LogP contribution in [0.5, 0.6) is 0 Å². The largest absolute Gasteiger partial charge is 0.379 e. The third-order valence-corrected chi connectivity index (χ3v) is 8.69. The Hall–Kier alpha value is -2.25. The van der Waals surface area contributed by atoms with Crippen molar-refractivity contribution in [1.29, 1.82) is 0 Å². The molecule has 3 heterocycles. The lowest BCUT2D eigenvalue weighted by Gasteiger charge is -2.26. The minimum absolute atomic E-state index is 0.130. The molecule has 32 heavy (non-hydrogen) atoms. The number of sulfonamides is 1. The molecule has 0 spiro atoms. The Bertz CT molecular complexity index is 1170. The maximum Gasteiger partial charge on any atom is 0.243 e. The quantitative estimate of drug-likeness (QED) is 0.480. The van der Waals surface area contributed by atoms with Gasteiger partial charge in [0.15, 0.2) is 5.16 Å². The number of hydrogen-bond acceptors (Lipinski definition) is 8. The predicted molar refractivity (Wildman–Crippen MR) is 124 cm³/mol. The smallest absolute Gasteiger partial charge is 0.243 e.